The van der Waals surface area contributed by atoms with Crippen LogP contribution in [0.2, 0.25) is 0 Å². The van der Waals surface area contributed by atoms with Crippen LogP contribution in [-0.2, 0) is 14.3 Å². The zero-order chi connectivity index (χ0) is 13.3. The van der Waals surface area contributed by atoms with Crippen molar-refractivity contribution in [3.8, 4) is 0 Å². The Morgan fingerprint density at radius 2 is 2.12 bits per heavy atom. The predicted molar refractivity (Wildman–Crippen MR) is 63.6 cm³/mol. The maximum atomic E-state index is 11.9. The maximum absolute atomic E-state index is 11.9. The van der Waals surface area contributed by atoms with Crippen molar-refractivity contribution in [2.75, 3.05) is 26.8 Å². The van der Waals surface area contributed by atoms with Gasteiger partial charge in [0.05, 0.1) is 6.04 Å². The van der Waals surface area contributed by atoms with Gasteiger partial charge >= 0.3 is 5.97 Å². The zero-order valence-electron chi connectivity index (χ0n) is 10.5. The van der Waals surface area contributed by atoms with Crippen LogP contribution in [-0.4, -0.2) is 54.7 Å². The normalized spacial score (nSPS) is 12.2. The minimum Gasteiger partial charge on any atom is -0.480 e. The second-order valence-electron chi connectivity index (χ2n) is 3.90. The highest BCUT2D eigenvalue weighted by Gasteiger charge is 2.21. The summed E-state index contributed by atoms with van der Waals surface area (Å²) >= 11 is 0. The van der Waals surface area contributed by atoms with E-state index in [9.17, 15) is 9.59 Å². The molecule has 0 aromatic carbocycles. The number of carboxylic acid groups (broad SMARTS) is 1. The molecule has 6 heteroatoms. The van der Waals surface area contributed by atoms with Crippen molar-refractivity contribution in [1.29, 1.82) is 0 Å². The number of rotatable bonds is 9. The first-order valence-corrected chi connectivity index (χ1v) is 5.78. The molecule has 0 heterocycles. The first-order valence-electron chi connectivity index (χ1n) is 5.78. The third kappa shape index (κ3) is 6.91. The van der Waals surface area contributed by atoms with E-state index in [0.29, 0.717) is 32.4 Å². The van der Waals surface area contributed by atoms with Gasteiger partial charge in [-0.1, -0.05) is 6.92 Å². The van der Waals surface area contributed by atoms with E-state index in [0.717, 1.165) is 0 Å². The standard InChI is InChI=1S/C11H22N2O4/c1-3-6-13(8-10(14)15)11(16)9(12)5-4-7-17-2/h9H,3-8,12H2,1-2H3,(H,14,15). The Labute approximate surface area is 102 Å². The van der Waals surface area contributed by atoms with Crippen LogP contribution in [0, 0.1) is 0 Å². The third-order valence-corrected chi connectivity index (χ3v) is 2.31. The molecule has 1 atom stereocenters. The van der Waals surface area contributed by atoms with Gasteiger partial charge in [-0.05, 0) is 19.3 Å². The molecular formula is C11H22N2O4. The average molecular weight is 246 g/mol. The Kier molecular flexibility index (Phi) is 8.35. The summed E-state index contributed by atoms with van der Waals surface area (Å²) < 4.78 is 4.87. The Bertz CT molecular complexity index is 246. The van der Waals surface area contributed by atoms with Crippen molar-refractivity contribution in [2.24, 2.45) is 5.73 Å². The topological polar surface area (TPSA) is 92.9 Å². The first-order chi connectivity index (χ1) is 8.02. The number of hydrogen-bond acceptors (Lipinski definition) is 4. The molecule has 0 aromatic rings. The number of carbonyl (C=O) groups is 2. The first kappa shape index (κ1) is 15.9. The lowest BCUT2D eigenvalue weighted by Gasteiger charge is -2.23. The number of amides is 1. The van der Waals surface area contributed by atoms with E-state index in [1.165, 1.54) is 4.90 Å². The molecule has 1 amide bonds. The van der Waals surface area contributed by atoms with E-state index < -0.39 is 12.0 Å². The lowest BCUT2D eigenvalue weighted by atomic mass is 10.1. The number of ether oxygens (including phenoxy) is 1. The van der Waals surface area contributed by atoms with Gasteiger partial charge in [-0.2, -0.15) is 0 Å². The molecule has 100 valence electrons. The van der Waals surface area contributed by atoms with Crippen LogP contribution in [0.15, 0.2) is 0 Å². The van der Waals surface area contributed by atoms with Crippen LogP contribution in [0.1, 0.15) is 26.2 Å². The van der Waals surface area contributed by atoms with E-state index in [-0.39, 0.29) is 12.5 Å². The smallest absolute Gasteiger partial charge is 0.323 e. The fourth-order valence-corrected chi connectivity index (χ4v) is 1.51. The third-order valence-electron chi connectivity index (χ3n) is 2.31. The molecule has 0 saturated heterocycles. The molecule has 6 nitrogen and oxygen atoms in total. The van der Waals surface area contributed by atoms with Gasteiger partial charge < -0.3 is 20.5 Å². The van der Waals surface area contributed by atoms with Gasteiger partial charge in [0, 0.05) is 20.3 Å². The van der Waals surface area contributed by atoms with Gasteiger partial charge in [0.2, 0.25) is 5.91 Å². The number of nitrogens with zero attached hydrogens (tertiary/aromatic N) is 1. The highest BCUT2D eigenvalue weighted by atomic mass is 16.5. The second kappa shape index (κ2) is 8.95. The van der Waals surface area contributed by atoms with Crippen molar-refractivity contribution in [1.82, 2.24) is 4.90 Å². The minimum atomic E-state index is -1.02. The van der Waals surface area contributed by atoms with Gasteiger partial charge in [-0.25, -0.2) is 0 Å². The SMILES string of the molecule is CCCN(CC(=O)O)C(=O)C(N)CCCOC. The molecule has 0 aliphatic heterocycles. The molecular weight excluding hydrogens is 224 g/mol. The molecule has 17 heavy (non-hydrogen) atoms. The zero-order valence-corrected chi connectivity index (χ0v) is 10.5. The lowest BCUT2D eigenvalue weighted by molar-refractivity contribution is -0.145. The molecule has 0 aliphatic carbocycles. The summed E-state index contributed by atoms with van der Waals surface area (Å²) in [6, 6.07) is -0.643. The molecule has 0 saturated carbocycles. The van der Waals surface area contributed by atoms with E-state index in [1.54, 1.807) is 7.11 Å². The molecule has 3 N–H and O–H groups in total. The molecule has 0 rings (SSSR count). The number of methoxy groups -OCH3 is 1. The fraction of sp³-hybridized carbons (Fsp3) is 0.818. The maximum Gasteiger partial charge on any atom is 0.323 e. The Balaban J connectivity index is 4.22. The van der Waals surface area contributed by atoms with Gasteiger partial charge in [-0.3, -0.25) is 9.59 Å². The highest BCUT2D eigenvalue weighted by molar-refractivity contribution is 5.85. The van der Waals surface area contributed by atoms with Crippen LogP contribution in [0.5, 0.6) is 0 Å². The number of aliphatic carboxylic acids is 1. The van der Waals surface area contributed by atoms with Gasteiger partial charge in [0.1, 0.15) is 6.54 Å². The Hall–Kier alpha value is -1.14. The molecule has 1 unspecified atom stereocenters. The van der Waals surface area contributed by atoms with E-state index >= 15 is 0 Å². The molecule has 0 radical (unpaired) electrons. The van der Waals surface area contributed by atoms with Gasteiger partial charge in [0.15, 0.2) is 0 Å². The fourth-order valence-electron chi connectivity index (χ4n) is 1.51. The summed E-state index contributed by atoms with van der Waals surface area (Å²) in [6.07, 6.45) is 1.91. The molecule has 0 spiro atoms. The van der Waals surface area contributed by atoms with Crippen LogP contribution in [0.4, 0.5) is 0 Å². The number of hydrogen-bond donors (Lipinski definition) is 2. The van der Waals surface area contributed by atoms with Crippen molar-refractivity contribution in [3.05, 3.63) is 0 Å². The molecule has 0 fully saturated rings. The van der Waals surface area contributed by atoms with Crippen molar-refractivity contribution >= 4 is 11.9 Å². The summed E-state index contributed by atoms with van der Waals surface area (Å²) in [5, 5.41) is 8.70. The number of carbonyl (C=O) groups excluding carboxylic acids is 1. The van der Waals surface area contributed by atoms with Crippen molar-refractivity contribution < 1.29 is 19.4 Å². The van der Waals surface area contributed by atoms with Crippen LogP contribution in [0.25, 0.3) is 0 Å². The summed E-state index contributed by atoms with van der Waals surface area (Å²) in [5.41, 5.74) is 5.73. The monoisotopic (exact) mass is 246 g/mol. The quantitative estimate of drug-likeness (QED) is 0.561. The summed E-state index contributed by atoms with van der Waals surface area (Å²) in [4.78, 5) is 23.8. The van der Waals surface area contributed by atoms with Gasteiger partial charge in [-0.15, -0.1) is 0 Å². The van der Waals surface area contributed by atoms with E-state index in [4.69, 9.17) is 15.6 Å². The number of nitrogens with two attached hydrogens (primary N) is 1. The van der Waals surface area contributed by atoms with Crippen LogP contribution < -0.4 is 5.73 Å². The molecule has 0 aromatic heterocycles. The van der Waals surface area contributed by atoms with Crippen molar-refractivity contribution in [3.63, 3.8) is 0 Å². The largest absolute Gasteiger partial charge is 0.480 e. The molecule has 0 bridgehead atoms. The van der Waals surface area contributed by atoms with Crippen LogP contribution in [0.3, 0.4) is 0 Å². The Morgan fingerprint density at radius 1 is 1.47 bits per heavy atom. The highest BCUT2D eigenvalue weighted by Crippen LogP contribution is 2.02. The molecule has 0 aliphatic rings. The summed E-state index contributed by atoms with van der Waals surface area (Å²) in [5.74, 6) is -1.32. The number of carboxylic acids is 1. The summed E-state index contributed by atoms with van der Waals surface area (Å²) in [7, 11) is 1.58. The van der Waals surface area contributed by atoms with Crippen LogP contribution >= 0.6 is 0 Å². The average Bonchev–Trinajstić information content (AvgIpc) is 2.27. The predicted octanol–water partition coefficient (Wildman–Crippen LogP) is 0.0635. The Morgan fingerprint density at radius 3 is 2.59 bits per heavy atom. The van der Waals surface area contributed by atoms with E-state index in [1.807, 2.05) is 6.92 Å². The minimum absolute atomic E-state index is 0.287. The van der Waals surface area contributed by atoms with Crippen molar-refractivity contribution in [2.45, 2.75) is 32.2 Å². The second-order valence-corrected chi connectivity index (χ2v) is 3.90. The summed E-state index contributed by atoms with van der Waals surface area (Å²) in [6.45, 7) is 2.57. The van der Waals surface area contributed by atoms with E-state index in [2.05, 4.69) is 0 Å². The lowest BCUT2D eigenvalue weighted by Crippen LogP contribution is -2.46. The van der Waals surface area contributed by atoms with Gasteiger partial charge in [0.25, 0.3) is 0 Å².